The summed E-state index contributed by atoms with van der Waals surface area (Å²) in [4.78, 5) is 19.6. The normalized spacial score (nSPS) is 15.5. The third kappa shape index (κ3) is 5.43. The van der Waals surface area contributed by atoms with E-state index in [2.05, 4.69) is 31.9 Å². The SMILES string of the molecule is Cc1cc(OCc2cnc(C)nc2)cc(Oc2ccc(-n3nc(C[C@H]4CCCN4C)c4ncnc(N)c43)cc2)c1. The van der Waals surface area contributed by atoms with Crippen LogP contribution < -0.4 is 15.2 Å². The maximum atomic E-state index is 6.31. The first-order valence-corrected chi connectivity index (χ1v) is 13.4. The van der Waals surface area contributed by atoms with Crippen LogP contribution in [0.3, 0.4) is 0 Å². The van der Waals surface area contributed by atoms with Gasteiger partial charge in [0, 0.05) is 36.5 Å². The van der Waals surface area contributed by atoms with Crippen molar-refractivity contribution in [3.63, 3.8) is 0 Å². The van der Waals surface area contributed by atoms with Crippen molar-refractivity contribution in [1.29, 1.82) is 0 Å². The average Bonchev–Trinajstić information content (AvgIpc) is 3.52. The molecule has 0 aliphatic carbocycles. The molecule has 4 heterocycles. The van der Waals surface area contributed by atoms with Gasteiger partial charge in [-0.2, -0.15) is 5.10 Å². The van der Waals surface area contributed by atoms with Gasteiger partial charge in [-0.3, -0.25) is 0 Å². The lowest BCUT2D eigenvalue weighted by Crippen LogP contribution is -2.27. The first kappa shape index (κ1) is 25.7. The van der Waals surface area contributed by atoms with E-state index in [9.17, 15) is 0 Å². The largest absolute Gasteiger partial charge is 0.489 e. The molecule has 0 radical (unpaired) electrons. The lowest BCUT2D eigenvalue weighted by Gasteiger charge is -2.17. The van der Waals surface area contributed by atoms with Gasteiger partial charge in [0.2, 0.25) is 0 Å². The van der Waals surface area contributed by atoms with Crippen LogP contribution in [0.4, 0.5) is 5.82 Å². The number of nitrogens with zero attached hydrogens (tertiary/aromatic N) is 7. The summed E-state index contributed by atoms with van der Waals surface area (Å²) in [6, 6.07) is 14.0. The van der Waals surface area contributed by atoms with E-state index in [1.165, 1.54) is 12.7 Å². The summed E-state index contributed by atoms with van der Waals surface area (Å²) < 4.78 is 14.0. The topological polar surface area (TPSA) is 117 Å². The minimum atomic E-state index is 0.377. The minimum absolute atomic E-state index is 0.377. The van der Waals surface area contributed by atoms with E-state index >= 15 is 0 Å². The fourth-order valence-electron chi connectivity index (χ4n) is 5.12. The number of likely N-dealkylation sites (tertiary alicyclic amines) is 1. The second kappa shape index (κ2) is 10.9. The third-order valence-corrected chi connectivity index (χ3v) is 7.24. The molecule has 204 valence electrons. The molecule has 1 aliphatic heterocycles. The van der Waals surface area contributed by atoms with Gasteiger partial charge < -0.3 is 20.1 Å². The van der Waals surface area contributed by atoms with Crippen molar-refractivity contribution in [2.45, 2.75) is 45.8 Å². The van der Waals surface area contributed by atoms with E-state index < -0.39 is 0 Å². The van der Waals surface area contributed by atoms with Crippen LogP contribution in [0.25, 0.3) is 16.7 Å². The number of hydrogen-bond acceptors (Lipinski definition) is 9. The number of ether oxygens (including phenoxy) is 2. The van der Waals surface area contributed by atoms with Crippen LogP contribution in [0.2, 0.25) is 0 Å². The van der Waals surface area contributed by atoms with Crippen molar-refractivity contribution < 1.29 is 9.47 Å². The van der Waals surface area contributed by atoms with Crippen molar-refractivity contribution in [3.8, 4) is 22.9 Å². The van der Waals surface area contributed by atoms with Crippen molar-refractivity contribution in [2.24, 2.45) is 0 Å². The summed E-state index contributed by atoms with van der Waals surface area (Å²) in [7, 11) is 2.17. The predicted octanol–water partition coefficient (Wildman–Crippen LogP) is 4.81. The first-order valence-electron chi connectivity index (χ1n) is 13.4. The van der Waals surface area contributed by atoms with Crippen LogP contribution in [0, 0.1) is 13.8 Å². The van der Waals surface area contributed by atoms with E-state index in [-0.39, 0.29) is 0 Å². The molecule has 10 nitrogen and oxygen atoms in total. The summed E-state index contributed by atoms with van der Waals surface area (Å²) >= 11 is 0. The van der Waals surface area contributed by atoms with Crippen LogP contribution in [-0.2, 0) is 13.0 Å². The number of anilines is 1. The summed E-state index contributed by atoms with van der Waals surface area (Å²) in [5.41, 5.74) is 11.6. The molecule has 2 N–H and O–H groups in total. The summed E-state index contributed by atoms with van der Waals surface area (Å²) in [6.45, 7) is 5.35. The molecule has 0 saturated carbocycles. The number of hydrogen-bond donors (Lipinski definition) is 1. The second-order valence-corrected chi connectivity index (χ2v) is 10.3. The van der Waals surface area contributed by atoms with Gasteiger partial charge in [-0.1, -0.05) is 0 Å². The summed E-state index contributed by atoms with van der Waals surface area (Å²) in [5.74, 6) is 3.24. The maximum Gasteiger partial charge on any atom is 0.153 e. The third-order valence-electron chi connectivity index (χ3n) is 7.24. The standard InChI is InChI=1S/C30H32N8O2/c1-19-11-25(39-17-21-15-32-20(2)33-16-21)14-26(12-19)40-24-8-6-22(7-9-24)38-29-28(34-18-35-30(29)31)27(36-38)13-23-5-4-10-37(23)3/h6-9,11-12,14-16,18,23H,4-5,10,13,17H2,1-3H3,(H2,31,34,35)/t23-/m1/s1. The van der Waals surface area contributed by atoms with Crippen molar-refractivity contribution in [2.75, 3.05) is 19.3 Å². The van der Waals surface area contributed by atoms with E-state index in [4.69, 9.17) is 20.3 Å². The summed E-state index contributed by atoms with van der Waals surface area (Å²) in [6.07, 6.45) is 8.24. The fourth-order valence-corrected chi connectivity index (χ4v) is 5.12. The monoisotopic (exact) mass is 536 g/mol. The highest BCUT2D eigenvalue weighted by atomic mass is 16.5. The number of likely N-dealkylation sites (N-methyl/N-ethyl adjacent to an activating group) is 1. The highest BCUT2D eigenvalue weighted by molar-refractivity contribution is 5.87. The number of aryl methyl sites for hydroxylation is 2. The van der Waals surface area contributed by atoms with Crippen molar-refractivity contribution in [1.82, 2.24) is 34.6 Å². The predicted molar refractivity (Wildman–Crippen MR) is 153 cm³/mol. The Morgan fingerprint density at radius 3 is 2.48 bits per heavy atom. The van der Waals surface area contributed by atoms with Gasteiger partial charge in [0.1, 0.15) is 47.0 Å². The Bertz CT molecular complexity index is 1630. The second-order valence-electron chi connectivity index (χ2n) is 10.3. The van der Waals surface area contributed by atoms with Crippen molar-refractivity contribution in [3.05, 3.63) is 83.8 Å². The van der Waals surface area contributed by atoms with E-state index in [1.54, 1.807) is 12.4 Å². The molecule has 0 spiro atoms. The molecular weight excluding hydrogens is 504 g/mol. The van der Waals surface area contributed by atoms with Crippen LogP contribution >= 0.6 is 0 Å². The van der Waals surface area contributed by atoms with Crippen LogP contribution in [0.5, 0.6) is 17.2 Å². The van der Waals surface area contributed by atoms with Gasteiger partial charge in [-0.05, 0) is 82.2 Å². The number of fused-ring (bicyclic) bond motifs is 1. The molecule has 0 amide bonds. The van der Waals surface area contributed by atoms with Crippen molar-refractivity contribution >= 4 is 16.9 Å². The smallest absolute Gasteiger partial charge is 0.153 e. The highest BCUT2D eigenvalue weighted by Crippen LogP contribution is 2.31. The van der Waals surface area contributed by atoms with Gasteiger partial charge in [0.25, 0.3) is 0 Å². The molecule has 1 aliphatic rings. The Kier molecular flexibility index (Phi) is 7.00. The number of nitrogens with two attached hydrogens (primary N) is 1. The molecule has 1 atom stereocenters. The number of benzene rings is 2. The molecule has 10 heteroatoms. The van der Waals surface area contributed by atoms with Crippen LogP contribution in [0.1, 0.15) is 35.5 Å². The van der Waals surface area contributed by atoms with Gasteiger partial charge in [0.15, 0.2) is 5.82 Å². The average molecular weight is 537 g/mol. The molecule has 1 saturated heterocycles. The van der Waals surface area contributed by atoms with E-state index in [1.807, 2.05) is 61.0 Å². The fraction of sp³-hybridized carbons (Fsp3) is 0.300. The zero-order chi connectivity index (χ0) is 27.6. The van der Waals surface area contributed by atoms with E-state index in [0.717, 1.165) is 58.8 Å². The molecule has 2 aromatic carbocycles. The number of aromatic nitrogens is 6. The Balaban J connectivity index is 1.21. The minimum Gasteiger partial charge on any atom is -0.489 e. The zero-order valence-corrected chi connectivity index (χ0v) is 22.9. The van der Waals surface area contributed by atoms with Gasteiger partial charge in [-0.15, -0.1) is 0 Å². The van der Waals surface area contributed by atoms with Crippen LogP contribution in [-0.4, -0.2) is 54.3 Å². The van der Waals surface area contributed by atoms with Gasteiger partial charge in [0.05, 0.1) is 11.4 Å². The molecule has 0 bridgehead atoms. The molecule has 5 aromatic rings. The number of nitrogen functional groups attached to an aromatic ring is 1. The molecule has 1 fully saturated rings. The Morgan fingerprint density at radius 2 is 1.73 bits per heavy atom. The number of rotatable bonds is 8. The molecule has 6 rings (SSSR count). The first-order chi connectivity index (χ1) is 19.4. The molecule has 0 unspecified atom stereocenters. The molecule has 3 aromatic heterocycles. The Morgan fingerprint density at radius 1 is 0.950 bits per heavy atom. The highest BCUT2D eigenvalue weighted by Gasteiger charge is 2.25. The quantitative estimate of drug-likeness (QED) is 0.298. The summed E-state index contributed by atoms with van der Waals surface area (Å²) in [5, 5.41) is 4.95. The van der Waals surface area contributed by atoms with E-state index in [0.29, 0.717) is 35.7 Å². The van der Waals surface area contributed by atoms with Crippen LogP contribution in [0.15, 0.2) is 61.2 Å². The van der Waals surface area contributed by atoms with Gasteiger partial charge in [-0.25, -0.2) is 24.6 Å². The Hall–Kier alpha value is -4.57. The Labute approximate surface area is 232 Å². The molecule has 40 heavy (non-hydrogen) atoms. The van der Waals surface area contributed by atoms with Gasteiger partial charge >= 0.3 is 0 Å². The zero-order valence-electron chi connectivity index (χ0n) is 22.9. The lowest BCUT2D eigenvalue weighted by molar-refractivity contribution is 0.303. The maximum absolute atomic E-state index is 6.31. The lowest BCUT2D eigenvalue weighted by atomic mass is 10.1. The molecular formula is C30H32N8O2.